The molecule has 96 valence electrons. The maximum Gasteiger partial charge on any atom is 0.145 e. The number of rotatable bonds is 4. The molecule has 0 bridgehead atoms. The van der Waals surface area contributed by atoms with Crippen LogP contribution in [0.4, 0.5) is 5.69 Å². The van der Waals surface area contributed by atoms with E-state index in [-0.39, 0.29) is 0 Å². The third-order valence-electron chi connectivity index (χ3n) is 2.71. The highest BCUT2D eigenvalue weighted by molar-refractivity contribution is 9.10. The first-order valence-corrected chi connectivity index (χ1v) is 6.33. The Morgan fingerprint density at radius 3 is 2.72 bits per heavy atom. The van der Waals surface area contributed by atoms with Crippen molar-refractivity contribution < 1.29 is 9.47 Å². The fraction of sp³-hybridized carbons (Fsp3) is 0.308. The van der Waals surface area contributed by atoms with Crippen LogP contribution in [0.25, 0.3) is 10.9 Å². The number of halogens is 1. The second kappa shape index (κ2) is 5.54. The van der Waals surface area contributed by atoms with Crippen molar-refractivity contribution >= 4 is 32.5 Å². The molecule has 18 heavy (non-hydrogen) atoms. The Labute approximate surface area is 114 Å². The number of anilines is 1. The summed E-state index contributed by atoms with van der Waals surface area (Å²) in [5, 5.41) is 4.19. The predicted molar refractivity (Wildman–Crippen MR) is 76.3 cm³/mol. The Balaban J connectivity index is 2.77. The molecule has 1 N–H and O–H groups in total. The summed E-state index contributed by atoms with van der Waals surface area (Å²) in [6, 6.07) is 5.84. The van der Waals surface area contributed by atoms with Gasteiger partial charge in [0.15, 0.2) is 0 Å². The lowest BCUT2D eigenvalue weighted by Crippen LogP contribution is -1.99. The highest BCUT2D eigenvalue weighted by Crippen LogP contribution is 2.35. The van der Waals surface area contributed by atoms with E-state index in [1.54, 1.807) is 14.2 Å². The minimum atomic E-state index is 0.473. The number of methoxy groups -OCH3 is 2. The fourth-order valence-electron chi connectivity index (χ4n) is 1.91. The van der Waals surface area contributed by atoms with Gasteiger partial charge in [-0.1, -0.05) is 15.9 Å². The number of fused-ring (bicyclic) bond motifs is 1. The van der Waals surface area contributed by atoms with Gasteiger partial charge in [0.2, 0.25) is 0 Å². The van der Waals surface area contributed by atoms with Crippen molar-refractivity contribution in [3.8, 4) is 5.75 Å². The summed E-state index contributed by atoms with van der Waals surface area (Å²) in [4.78, 5) is 4.59. The standard InChI is InChI=1S/C13H15BrN2O2/c1-15-10-6-8(7-17-2)16-13-11(18-3)5-4-9(14)12(10)13/h4-6H,7H2,1-3H3,(H,15,16). The summed E-state index contributed by atoms with van der Waals surface area (Å²) in [6.07, 6.45) is 0. The topological polar surface area (TPSA) is 43.4 Å². The van der Waals surface area contributed by atoms with Crippen molar-refractivity contribution in [3.63, 3.8) is 0 Å². The molecule has 0 aliphatic rings. The number of nitrogens with zero attached hydrogens (tertiary/aromatic N) is 1. The van der Waals surface area contributed by atoms with E-state index in [0.29, 0.717) is 6.61 Å². The Kier molecular flexibility index (Phi) is 4.04. The first kappa shape index (κ1) is 13.1. The molecule has 0 amide bonds. The van der Waals surface area contributed by atoms with Crippen molar-refractivity contribution in [2.45, 2.75) is 6.61 Å². The smallest absolute Gasteiger partial charge is 0.145 e. The van der Waals surface area contributed by atoms with Crippen molar-refractivity contribution in [2.75, 3.05) is 26.6 Å². The van der Waals surface area contributed by atoms with E-state index in [1.165, 1.54) is 0 Å². The van der Waals surface area contributed by atoms with Gasteiger partial charge in [0.05, 0.1) is 19.4 Å². The number of nitrogens with one attached hydrogen (secondary N) is 1. The molecule has 0 aliphatic heterocycles. The predicted octanol–water partition coefficient (Wildman–Crippen LogP) is 3.19. The highest BCUT2D eigenvalue weighted by atomic mass is 79.9. The van der Waals surface area contributed by atoms with Gasteiger partial charge >= 0.3 is 0 Å². The lowest BCUT2D eigenvalue weighted by molar-refractivity contribution is 0.182. The lowest BCUT2D eigenvalue weighted by Gasteiger charge is -2.12. The van der Waals surface area contributed by atoms with Gasteiger partial charge in [-0.3, -0.25) is 0 Å². The summed E-state index contributed by atoms with van der Waals surface area (Å²) in [7, 11) is 5.19. The van der Waals surface area contributed by atoms with E-state index in [4.69, 9.17) is 9.47 Å². The zero-order valence-electron chi connectivity index (χ0n) is 10.6. The number of aromatic nitrogens is 1. The van der Waals surface area contributed by atoms with Crippen molar-refractivity contribution in [1.29, 1.82) is 0 Å². The summed E-state index contributed by atoms with van der Waals surface area (Å²) in [5.74, 6) is 0.752. The Hall–Kier alpha value is -1.33. The van der Waals surface area contributed by atoms with Gasteiger partial charge in [-0.2, -0.15) is 0 Å². The maximum atomic E-state index is 5.36. The molecule has 2 rings (SSSR count). The first-order chi connectivity index (χ1) is 8.71. The van der Waals surface area contributed by atoms with Crippen molar-refractivity contribution in [2.24, 2.45) is 0 Å². The van der Waals surface area contributed by atoms with Crippen LogP contribution in [0.1, 0.15) is 5.69 Å². The minimum Gasteiger partial charge on any atom is -0.494 e. The molecule has 0 saturated heterocycles. The zero-order valence-corrected chi connectivity index (χ0v) is 12.2. The van der Waals surface area contributed by atoms with Crippen LogP contribution in [-0.2, 0) is 11.3 Å². The second-order valence-electron chi connectivity index (χ2n) is 3.82. The van der Waals surface area contributed by atoms with E-state index in [2.05, 4.69) is 26.2 Å². The van der Waals surface area contributed by atoms with Crippen LogP contribution in [-0.4, -0.2) is 26.3 Å². The molecule has 2 aromatic rings. The van der Waals surface area contributed by atoms with Crippen LogP contribution in [0, 0.1) is 0 Å². The Bertz CT molecular complexity index is 572. The normalized spacial score (nSPS) is 10.7. The summed E-state index contributed by atoms with van der Waals surface area (Å²) in [6.45, 7) is 0.473. The van der Waals surface area contributed by atoms with E-state index >= 15 is 0 Å². The number of pyridine rings is 1. The van der Waals surface area contributed by atoms with Gasteiger partial charge in [-0.05, 0) is 18.2 Å². The maximum absolute atomic E-state index is 5.36. The van der Waals surface area contributed by atoms with E-state index in [1.807, 2.05) is 25.2 Å². The molecule has 0 saturated carbocycles. The second-order valence-corrected chi connectivity index (χ2v) is 4.67. The number of benzene rings is 1. The first-order valence-electron chi connectivity index (χ1n) is 5.54. The van der Waals surface area contributed by atoms with Gasteiger partial charge < -0.3 is 14.8 Å². The Morgan fingerprint density at radius 2 is 2.11 bits per heavy atom. The SMILES string of the molecule is CNc1cc(COC)nc2c(OC)ccc(Br)c12. The third-order valence-corrected chi connectivity index (χ3v) is 3.37. The molecular formula is C13H15BrN2O2. The summed E-state index contributed by atoms with van der Waals surface area (Å²) >= 11 is 3.55. The van der Waals surface area contributed by atoms with Crippen LogP contribution in [0.2, 0.25) is 0 Å². The summed E-state index contributed by atoms with van der Waals surface area (Å²) in [5.41, 5.74) is 2.69. The molecule has 0 atom stereocenters. The zero-order chi connectivity index (χ0) is 13.1. The molecule has 1 aromatic carbocycles. The van der Waals surface area contributed by atoms with Gasteiger partial charge in [0.1, 0.15) is 11.3 Å². The van der Waals surface area contributed by atoms with E-state index in [9.17, 15) is 0 Å². The number of hydrogen-bond acceptors (Lipinski definition) is 4. The van der Waals surface area contributed by atoms with Gasteiger partial charge in [0.25, 0.3) is 0 Å². The fourth-order valence-corrected chi connectivity index (χ4v) is 2.45. The van der Waals surface area contributed by atoms with E-state index < -0.39 is 0 Å². The van der Waals surface area contributed by atoms with Crippen molar-refractivity contribution in [3.05, 3.63) is 28.4 Å². The van der Waals surface area contributed by atoms with Crippen LogP contribution in [0.3, 0.4) is 0 Å². The monoisotopic (exact) mass is 310 g/mol. The molecule has 0 unspecified atom stereocenters. The molecular weight excluding hydrogens is 296 g/mol. The van der Waals surface area contributed by atoms with Gasteiger partial charge in [-0.15, -0.1) is 0 Å². The van der Waals surface area contributed by atoms with Gasteiger partial charge in [0, 0.05) is 29.7 Å². The molecule has 4 nitrogen and oxygen atoms in total. The number of hydrogen-bond donors (Lipinski definition) is 1. The van der Waals surface area contributed by atoms with Crippen LogP contribution in [0.5, 0.6) is 5.75 Å². The highest BCUT2D eigenvalue weighted by Gasteiger charge is 2.12. The van der Waals surface area contributed by atoms with Gasteiger partial charge in [-0.25, -0.2) is 4.98 Å². The molecule has 0 radical (unpaired) electrons. The molecule has 0 fully saturated rings. The molecule has 1 aromatic heterocycles. The molecule has 5 heteroatoms. The van der Waals surface area contributed by atoms with Crippen molar-refractivity contribution in [1.82, 2.24) is 4.98 Å². The molecule has 0 aliphatic carbocycles. The minimum absolute atomic E-state index is 0.473. The quantitative estimate of drug-likeness (QED) is 0.942. The van der Waals surface area contributed by atoms with E-state index in [0.717, 1.165) is 32.5 Å². The Morgan fingerprint density at radius 1 is 1.33 bits per heavy atom. The third kappa shape index (κ3) is 2.28. The largest absolute Gasteiger partial charge is 0.494 e. The van der Waals surface area contributed by atoms with Crippen LogP contribution < -0.4 is 10.1 Å². The average Bonchev–Trinajstić information content (AvgIpc) is 2.38. The lowest BCUT2D eigenvalue weighted by atomic mass is 10.1. The average molecular weight is 311 g/mol. The number of ether oxygens (including phenoxy) is 2. The summed E-state index contributed by atoms with van der Waals surface area (Å²) < 4.78 is 11.5. The van der Waals surface area contributed by atoms with Crippen LogP contribution >= 0.6 is 15.9 Å². The van der Waals surface area contributed by atoms with Crippen LogP contribution in [0.15, 0.2) is 22.7 Å². The molecule has 1 heterocycles. The molecule has 0 spiro atoms.